The molecule has 1 nitrogen and oxygen atoms in total. The van der Waals surface area contributed by atoms with Crippen molar-refractivity contribution >= 4 is 0 Å². The van der Waals surface area contributed by atoms with Gasteiger partial charge in [0.05, 0.1) is 0 Å². The lowest BCUT2D eigenvalue weighted by Crippen LogP contribution is -2.32. The highest BCUT2D eigenvalue weighted by Gasteiger charge is 2.00. The van der Waals surface area contributed by atoms with Crippen molar-refractivity contribution in [2.24, 2.45) is 0 Å². The smallest absolute Gasteiger partial charge is 0.169 e. The number of rotatable bonds is 17. The van der Waals surface area contributed by atoms with Gasteiger partial charge in [-0.15, -0.1) is 0 Å². The summed E-state index contributed by atoms with van der Waals surface area (Å²) >= 11 is 0. The van der Waals surface area contributed by atoms with Gasteiger partial charge in [-0.2, -0.15) is 0 Å². The Balaban J connectivity index is 1.83. The minimum atomic E-state index is 1.18. The lowest BCUT2D eigenvalue weighted by molar-refractivity contribution is -0.697. The molecule has 25 heavy (non-hydrogen) atoms. The van der Waals surface area contributed by atoms with Gasteiger partial charge in [0, 0.05) is 18.6 Å². The van der Waals surface area contributed by atoms with Crippen LogP contribution in [-0.2, 0) is 13.0 Å². The molecule has 0 N–H and O–H groups in total. The van der Waals surface area contributed by atoms with Crippen LogP contribution in [0.25, 0.3) is 0 Å². The van der Waals surface area contributed by atoms with Crippen LogP contribution in [0.2, 0.25) is 0 Å². The predicted octanol–water partition coefficient (Wildman–Crippen LogP) is 7.41. The third-order valence-electron chi connectivity index (χ3n) is 5.27. The normalized spacial score (nSPS) is 11.1. The van der Waals surface area contributed by atoms with Crippen molar-refractivity contribution in [3.8, 4) is 0 Å². The maximum absolute atomic E-state index is 2.35. The number of nitrogens with zero attached hydrogens (tertiary/aromatic N) is 1. The summed E-state index contributed by atoms with van der Waals surface area (Å²) in [6, 6.07) is 4.57. The molecule has 1 heteroatoms. The van der Waals surface area contributed by atoms with Crippen LogP contribution in [0.15, 0.2) is 24.5 Å². The number of hydrogen-bond acceptors (Lipinski definition) is 0. The summed E-state index contributed by atoms with van der Waals surface area (Å²) in [7, 11) is 0. The molecule has 0 aliphatic heterocycles. The van der Waals surface area contributed by atoms with Gasteiger partial charge in [0.1, 0.15) is 6.54 Å². The predicted molar refractivity (Wildman–Crippen MR) is 111 cm³/mol. The molecule has 0 radical (unpaired) electrons. The maximum atomic E-state index is 2.35. The first-order valence-electron chi connectivity index (χ1n) is 11.3. The van der Waals surface area contributed by atoms with Gasteiger partial charge >= 0.3 is 0 Å². The molecule has 0 aromatic carbocycles. The van der Waals surface area contributed by atoms with Crippen molar-refractivity contribution in [2.75, 3.05) is 0 Å². The summed E-state index contributed by atoms with van der Waals surface area (Å²) in [5.41, 5.74) is 1.47. The number of hydrogen-bond donors (Lipinski definition) is 0. The van der Waals surface area contributed by atoms with Crippen molar-refractivity contribution in [2.45, 2.75) is 123 Å². The van der Waals surface area contributed by atoms with Crippen molar-refractivity contribution in [3.63, 3.8) is 0 Å². The van der Waals surface area contributed by atoms with E-state index < -0.39 is 0 Å². The summed E-state index contributed by atoms with van der Waals surface area (Å²) in [5.74, 6) is 0. The van der Waals surface area contributed by atoms with E-state index in [0.717, 1.165) is 0 Å². The molecule has 0 bridgehead atoms. The fourth-order valence-electron chi connectivity index (χ4n) is 3.58. The Morgan fingerprint density at radius 3 is 1.44 bits per heavy atom. The highest BCUT2D eigenvalue weighted by atomic mass is 14.9. The van der Waals surface area contributed by atoms with Crippen LogP contribution in [0.5, 0.6) is 0 Å². The van der Waals surface area contributed by atoms with E-state index in [4.69, 9.17) is 0 Å². The second-order valence-electron chi connectivity index (χ2n) is 7.79. The second kappa shape index (κ2) is 16.6. The SMILES string of the molecule is CCCCCCCCCCCCCCCC[n+]1ccc(CCC)cc1. The summed E-state index contributed by atoms with van der Waals surface area (Å²) < 4.78 is 2.35. The molecule has 1 rings (SSSR count). The minimum absolute atomic E-state index is 1.18. The van der Waals surface area contributed by atoms with Crippen LogP contribution in [-0.4, -0.2) is 0 Å². The van der Waals surface area contributed by atoms with Crippen molar-refractivity contribution in [3.05, 3.63) is 30.1 Å². The molecular formula is C24H44N+. The van der Waals surface area contributed by atoms with E-state index in [0.29, 0.717) is 0 Å². The lowest BCUT2D eigenvalue weighted by Gasteiger charge is -2.03. The number of pyridine rings is 1. The van der Waals surface area contributed by atoms with Crippen LogP contribution in [0.1, 0.15) is 116 Å². The number of aromatic nitrogens is 1. The third-order valence-corrected chi connectivity index (χ3v) is 5.27. The topological polar surface area (TPSA) is 3.88 Å². The van der Waals surface area contributed by atoms with Gasteiger partial charge in [-0.05, 0) is 18.4 Å². The summed E-state index contributed by atoms with van der Waals surface area (Å²) in [6.45, 7) is 5.73. The zero-order chi connectivity index (χ0) is 18.0. The van der Waals surface area contributed by atoms with E-state index in [1.165, 1.54) is 115 Å². The van der Waals surface area contributed by atoms with Crippen LogP contribution in [0, 0.1) is 0 Å². The zero-order valence-corrected chi connectivity index (χ0v) is 17.3. The molecule has 0 amide bonds. The van der Waals surface area contributed by atoms with Gasteiger partial charge in [0.2, 0.25) is 0 Å². The van der Waals surface area contributed by atoms with Crippen molar-refractivity contribution in [1.82, 2.24) is 0 Å². The van der Waals surface area contributed by atoms with Crippen LogP contribution in [0.4, 0.5) is 0 Å². The van der Waals surface area contributed by atoms with E-state index in [9.17, 15) is 0 Å². The minimum Gasteiger partial charge on any atom is -0.205 e. The average Bonchev–Trinajstić information content (AvgIpc) is 2.63. The first kappa shape index (κ1) is 22.2. The molecule has 0 aliphatic rings. The molecule has 1 heterocycles. The largest absolute Gasteiger partial charge is 0.205 e. The fourth-order valence-corrected chi connectivity index (χ4v) is 3.58. The Hall–Kier alpha value is -0.850. The first-order valence-corrected chi connectivity index (χ1v) is 11.3. The van der Waals surface area contributed by atoms with Crippen LogP contribution < -0.4 is 4.57 Å². The Labute approximate surface area is 158 Å². The summed E-state index contributed by atoms with van der Waals surface area (Å²) in [5, 5.41) is 0. The monoisotopic (exact) mass is 346 g/mol. The van der Waals surface area contributed by atoms with Gasteiger partial charge in [0.15, 0.2) is 12.4 Å². The summed E-state index contributed by atoms with van der Waals surface area (Å²) in [6.07, 6.45) is 27.1. The average molecular weight is 347 g/mol. The van der Waals surface area contributed by atoms with E-state index in [-0.39, 0.29) is 0 Å². The maximum Gasteiger partial charge on any atom is 0.169 e. The molecule has 0 saturated heterocycles. The van der Waals surface area contributed by atoms with Crippen molar-refractivity contribution < 1.29 is 4.57 Å². The van der Waals surface area contributed by atoms with Gasteiger partial charge in [-0.25, -0.2) is 4.57 Å². The quantitative estimate of drug-likeness (QED) is 0.204. The van der Waals surface area contributed by atoms with Gasteiger partial charge < -0.3 is 0 Å². The standard InChI is InChI=1S/C24H44N/c1-3-5-6-7-8-9-10-11-12-13-14-15-16-17-21-25-22-19-24(18-4-2)20-23-25/h19-20,22-23H,3-18,21H2,1-2H3/q+1. The van der Waals surface area contributed by atoms with Crippen molar-refractivity contribution in [1.29, 1.82) is 0 Å². The highest BCUT2D eigenvalue weighted by molar-refractivity contribution is 5.06. The molecular weight excluding hydrogens is 302 g/mol. The first-order chi connectivity index (χ1) is 12.4. The second-order valence-corrected chi connectivity index (χ2v) is 7.79. The third kappa shape index (κ3) is 13.1. The zero-order valence-electron chi connectivity index (χ0n) is 17.3. The highest BCUT2D eigenvalue weighted by Crippen LogP contribution is 2.12. The van der Waals surface area contributed by atoms with Gasteiger partial charge in [0.25, 0.3) is 0 Å². The van der Waals surface area contributed by atoms with Gasteiger partial charge in [-0.1, -0.05) is 97.3 Å². The van der Waals surface area contributed by atoms with E-state index in [1.807, 2.05) is 0 Å². The Morgan fingerprint density at radius 2 is 1.00 bits per heavy atom. The van der Waals surface area contributed by atoms with E-state index >= 15 is 0 Å². The molecule has 0 unspecified atom stereocenters. The summed E-state index contributed by atoms with van der Waals surface area (Å²) in [4.78, 5) is 0. The molecule has 0 aliphatic carbocycles. The van der Waals surface area contributed by atoms with Crippen LogP contribution >= 0.6 is 0 Å². The molecule has 144 valence electrons. The molecule has 0 fully saturated rings. The van der Waals surface area contributed by atoms with E-state index in [1.54, 1.807) is 0 Å². The Kier molecular flexibility index (Phi) is 14.7. The molecule has 0 spiro atoms. The number of aryl methyl sites for hydroxylation is 2. The van der Waals surface area contributed by atoms with Gasteiger partial charge in [-0.3, -0.25) is 0 Å². The Morgan fingerprint density at radius 1 is 0.560 bits per heavy atom. The number of unbranched alkanes of at least 4 members (excludes halogenated alkanes) is 13. The van der Waals surface area contributed by atoms with E-state index in [2.05, 4.69) is 42.9 Å². The molecule has 1 aromatic rings. The lowest BCUT2D eigenvalue weighted by atomic mass is 10.0. The fraction of sp³-hybridized carbons (Fsp3) is 0.792. The molecule has 0 saturated carbocycles. The molecule has 0 atom stereocenters. The molecule has 1 aromatic heterocycles. The van der Waals surface area contributed by atoms with Crippen LogP contribution in [0.3, 0.4) is 0 Å². The Bertz CT molecular complexity index is 382.